The smallest absolute Gasteiger partial charge is 0.216 e. The number of nitrogens with one attached hydrogen (secondary N) is 1. The minimum absolute atomic E-state index is 0.0106. The van der Waals surface area contributed by atoms with Gasteiger partial charge in [0, 0.05) is 23.7 Å². The molecule has 3 rings (SSSR count). The van der Waals surface area contributed by atoms with Crippen LogP contribution in [0.25, 0.3) is 0 Å². The lowest BCUT2D eigenvalue weighted by molar-refractivity contribution is 0.221. The fraction of sp³-hybridized carbons (Fsp3) is 0.400. The third kappa shape index (κ3) is 6.01. The molecular formula is C20H24ClFN2O2S. The fourth-order valence-corrected chi connectivity index (χ4v) is 4.71. The zero-order chi connectivity index (χ0) is 19.3. The molecule has 146 valence electrons. The van der Waals surface area contributed by atoms with Crippen molar-refractivity contribution in [2.24, 2.45) is 0 Å². The molecule has 0 amide bonds. The van der Waals surface area contributed by atoms with Gasteiger partial charge < -0.3 is 0 Å². The van der Waals surface area contributed by atoms with Crippen LogP contribution >= 0.6 is 11.6 Å². The topological polar surface area (TPSA) is 49.4 Å². The van der Waals surface area contributed by atoms with Crippen molar-refractivity contribution in [2.45, 2.75) is 38.1 Å². The molecule has 0 spiro atoms. The van der Waals surface area contributed by atoms with Gasteiger partial charge in [0.2, 0.25) is 10.0 Å². The second kappa shape index (κ2) is 9.15. The van der Waals surface area contributed by atoms with Crippen LogP contribution < -0.4 is 4.72 Å². The average Bonchev–Trinajstić information content (AvgIpc) is 2.65. The van der Waals surface area contributed by atoms with Crippen molar-refractivity contribution in [3.05, 3.63) is 70.0 Å². The Kier molecular flexibility index (Phi) is 6.87. The third-order valence-corrected chi connectivity index (χ3v) is 6.38. The molecule has 1 aliphatic heterocycles. The maximum absolute atomic E-state index is 13.8. The largest absolute Gasteiger partial charge is 0.299 e. The maximum atomic E-state index is 13.8. The molecule has 0 atom stereocenters. The highest BCUT2D eigenvalue weighted by atomic mass is 35.5. The van der Waals surface area contributed by atoms with Crippen molar-refractivity contribution in [3.63, 3.8) is 0 Å². The SMILES string of the molecule is O=S(=O)(Cc1c(F)cccc1Cl)NCc1ccc(CN2CCCCC2)cc1. The van der Waals surface area contributed by atoms with Crippen LogP contribution in [0, 0.1) is 5.82 Å². The molecule has 1 N–H and O–H groups in total. The molecule has 1 fully saturated rings. The molecule has 0 aromatic heterocycles. The zero-order valence-electron chi connectivity index (χ0n) is 15.1. The van der Waals surface area contributed by atoms with Crippen LogP contribution in [0.4, 0.5) is 4.39 Å². The van der Waals surface area contributed by atoms with Crippen molar-refractivity contribution in [2.75, 3.05) is 13.1 Å². The van der Waals surface area contributed by atoms with E-state index in [0.717, 1.165) is 25.2 Å². The predicted molar refractivity (Wildman–Crippen MR) is 106 cm³/mol. The van der Waals surface area contributed by atoms with Gasteiger partial charge in [0.25, 0.3) is 0 Å². The first-order valence-electron chi connectivity index (χ1n) is 9.13. The number of hydrogen-bond donors (Lipinski definition) is 1. The Morgan fingerprint density at radius 2 is 1.67 bits per heavy atom. The van der Waals surface area contributed by atoms with Crippen molar-refractivity contribution in [1.29, 1.82) is 0 Å². The van der Waals surface area contributed by atoms with Gasteiger partial charge in [-0.15, -0.1) is 0 Å². The molecule has 1 saturated heterocycles. The Bertz CT molecular complexity index is 846. The fourth-order valence-electron chi connectivity index (χ4n) is 3.24. The summed E-state index contributed by atoms with van der Waals surface area (Å²) in [5, 5.41) is 0.113. The van der Waals surface area contributed by atoms with Crippen molar-refractivity contribution in [1.82, 2.24) is 9.62 Å². The van der Waals surface area contributed by atoms with Crippen LogP contribution in [0.3, 0.4) is 0 Å². The summed E-state index contributed by atoms with van der Waals surface area (Å²) in [6, 6.07) is 12.1. The Morgan fingerprint density at radius 1 is 1.00 bits per heavy atom. The molecule has 0 radical (unpaired) electrons. The standard InChI is InChI=1S/C20H24ClFN2O2S/c21-19-5-4-6-20(22)18(19)15-27(25,26)23-13-16-7-9-17(10-8-16)14-24-11-2-1-3-12-24/h4-10,23H,1-3,11-15H2. The molecule has 0 bridgehead atoms. The van der Waals surface area contributed by atoms with Crippen LogP contribution in [-0.4, -0.2) is 26.4 Å². The van der Waals surface area contributed by atoms with Crippen molar-refractivity contribution < 1.29 is 12.8 Å². The highest BCUT2D eigenvalue weighted by molar-refractivity contribution is 7.88. The van der Waals surface area contributed by atoms with Crippen LogP contribution in [-0.2, 0) is 28.9 Å². The normalized spacial score (nSPS) is 15.8. The van der Waals surface area contributed by atoms with Crippen molar-refractivity contribution in [3.8, 4) is 0 Å². The van der Waals surface area contributed by atoms with Gasteiger partial charge in [-0.2, -0.15) is 0 Å². The first-order valence-corrected chi connectivity index (χ1v) is 11.2. The number of nitrogens with zero attached hydrogens (tertiary/aromatic N) is 1. The van der Waals surface area contributed by atoms with E-state index in [9.17, 15) is 12.8 Å². The lowest BCUT2D eigenvalue weighted by Gasteiger charge is -2.26. The molecule has 2 aromatic rings. The molecule has 1 heterocycles. The third-order valence-electron chi connectivity index (χ3n) is 4.77. The van der Waals surface area contributed by atoms with Gasteiger partial charge in [0.1, 0.15) is 5.82 Å². The highest BCUT2D eigenvalue weighted by Gasteiger charge is 2.17. The lowest BCUT2D eigenvalue weighted by atomic mass is 10.1. The first kappa shape index (κ1) is 20.3. The molecule has 27 heavy (non-hydrogen) atoms. The summed E-state index contributed by atoms with van der Waals surface area (Å²) in [4.78, 5) is 2.44. The van der Waals surface area contributed by atoms with Crippen LogP contribution in [0.15, 0.2) is 42.5 Å². The summed E-state index contributed by atoms with van der Waals surface area (Å²) in [6.45, 7) is 3.37. The Balaban J connectivity index is 1.55. The number of sulfonamides is 1. The molecule has 0 aliphatic carbocycles. The van der Waals surface area contributed by atoms with Gasteiger partial charge in [0.05, 0.1) is 5.75 Å². The van der Waals surface area contributed by atoms with Gasteiger partial charge in [-0.25, -0.2) is 17.5 Å². The number of piperidine rings is 1. The molecule has 0 unspecified atom stereocenters. The Hall–Kier alpha value is -1.47. The summed E-state index contributed by atoms with van der Waals surface area (Å²) in [7, 11) is -3.69. The number of halogens is 2. The lowest BCUT2D eigenvalue weighted by Crippen LogP contribution is -2.29. The second-order valence-electron chi connectivity index (χ2n) is 6.93. The molecule has 2 aromatic carbocycles. The maximum Gasteiger partial charge on any atom is 0.216 e. The van der Waals surface area contributed by atoms with E-state index in [0.29, 0.717) is 0 Å². The monoisotopic (exact) mass is 410 g/mol. The Labute approximate surface area is 165 Å². The van der Waals surface area contributed by atoms with Gasteiger partial charge in [-0.3, -0.25) is 4.90 Å². The Morgan fingerprint density at radius 3 is 2.33 bits per heavy atom. The minimum Gasteiger partial charge on any atom is -0.299 e. The van der Waals surface area contributed by atoms with Crippen LogP contribution in [0.5, 0.6) is 0 Å². The molecule has 0 saturated carbocycles. The number of rotatable bonds is 7. The van der Waals surface area contributed by atoms with E-state index >= 15 is 0 Å². The second-order valence-corrected chi connectivity index (χ2v) is 9.15. The molecule has 4 nitrogen and oxygen atoms in total. The number of benzene rings is 2. The van der Waals surface area contributed by atoms with E-state index in [1.807, 2.05) is 24.3 Å². The first-order chi connectivity index (χ1) is 12.9. The van der Waals surface area contributed by atoms with Crippen molar-refractivity contribution >= 4 is 21.6 Å². The van der Waals surface area contributed by atoms with Gasteiger partial charge >= 0.3 is 0 Å². The zero-order valence-corrected chi connectivity index (χ0v) is 16.7. The summed E-state index contributed by atoms with van der Waals surface area (Å²) in [6.07, 6.45) is 3.82. The van der Waals surface area contributed by atoms with E-state index in [2.05, 4.69) is 9.62 Å². The summed E-state index contributed by atoms with van der Waals surface area (Å²) in [5.74, 6) is -1.10. The van der Waals surface area contributed by atoms with E-state index in [-0.39, 0.29) is 17.1 Å². The van der Waals surface area contributed by atoms with E-state index in [1.54, 1.807) is 0 Å². The molecular weight excluding hydrogens is 387 g/mol. The summed E-state index contributed by atoms with van der Waals surface area (Å²) < 4.78 is 40.8. The summed E-state index contributed by atoms with van der Waals surface area (Å²) in [5.41, 5.74) is 2.07. The summed E-state index contributed by atoms with van der Waals surface area (Å²) >= 11 is 5.91. The van der Waals surface area contributed by atoms with Crippen LogP contribution in [0.2, 0.25) is 5.02 Å². The average molecular weight is 411 g/mol. The highest BCUT2D eigenvalue weighted by Crippen LogP contribution is 2.21. The number of likely N-dealkylation sites (tertiary alicyclic amines) is 1. The van der Waals surface area contributed by atoms with Gasteiger partial charge in [-0.05, 0) is 49.2 Å². The van der Waals surface area contributed by atoms with E-state index in [1.165, 1.54) is 43.0 Å². The quantitative estimate of drug-likeness (QED) is 0.748. The predicted octanol–water partition coefficient (Wildman–Crippen LogP) is 4.08. The van der Waals surface area contributed by atoms with Gasteiger partial charge in [0.15, 0.2) is 0 Å². The molecule has 1 aliphatic rings. The van der Waals surface area contributed by atoms with Gasteiger partial charge in [-0.1, -0.05) is 48.4 Å². The minimum atomic E-state index is -3.69. The molecule has 7 heteroatoms. The van der Waals surface area contributed by atoms with E-state index < -0.39 is 21.6 Å². The number of hydrogen-bond acceptors (Lipinski definition) is 3. The van der Waals surface area contributed by atoms with Crippen LogP contribution in [0.1, 0.15) is 36.0 Å². The van der Waals surface area contributed by atoms with E-state index in [4.69, 9.17) is 11.6 Å².